The monoisotopic (exact) mass is 275 g/mol. The molecule has 0 bridgehead atoms. The number of carbonyl (C=O) groups excluding carboxylic acids is 1. The molecule has 1 aliphatic carbocycles. The summed E-state index contributed by atoms with van der Waals surface area (Å²) in [6.07, 6.45) is 3.77. The van der Waals surface area contributed by atoms with Gasteiger partial charge in [0.25, 0.3) is 5.91 Å². The van der Waals surface area contributed by atoms with Crippen molar-refractivity contribution in [2.24, 2.45) is 0 Å². The van der Waals surface area contributed by atoms with Crippen molar-refractivity contribution in [3.05, 3.63) is 46.7 Å². The summed E-state index contributed by atoms with van der Waals surface area (Å²) in [5, 5.41) is 7.93. The molecule has 1 N–H and O–H groups in total. The van der Waals surface area contributed by atoms with E-state index in [0.717, 1.165) is 24.2 Å². The number of carbonyl (C=O) groups is 1. The summed E-state index contributed by atoms with van der Waals surface area (Å²) in [5.41, 5.74) is 2.36. The van der Waals surface area contributed by atoms with Gasteiger partial charge in [-0.25, -0.2) is 4.68 Å². The maximum absolute atomic E-state index is 12.0. The van der Waals surface area contributed by atoms with Crippen molar-refractivity contribution in [2.75, 3.05) is 0 Å². The van der Waals surface area contributed by atoms with Crippen molar-refractivity contribution < 1.29 is 4.79 Å². The van der Waals surface area contributed by atoms with Crippen LogP contribution in [0.3, 0.4) is 0 Å². The summed E-state index contributed by atoms with van der Waals surface area (Å²) in [5.74, 6) is -0.0415. The van der Waals surface area contributed by atoms with Crippen LogP contribution in [0.4, 0.5) is 0 Å². The molecule has 0 radical (unpaired) electrons. The number of benzene rings is 1. The Morgan fingerprint density at radius 2 is 2.05 bits per heavy atom. The molecule has 0 unspecified atom stereocenters. The zero-order chi connectivity index (χ0) is 13.4. The van der Waals surface area contributed by atoms with Crippen molar-refractivity contribution in [1.29, 1.82) is 0 Å². The van der Waals surface area contributed by atoms with Crippen LogP contribution in [0, 0.1) is 6.92 Å². The third-order valence-corrected chi connectivity index (χ3v) is 3.49. The van der Waals surface area contributed by atoms with Crippen LogP contribution in [0.2, 0.25) is 5.02 Å². The van der Waals surface area contributed by atoms with E-state index in [4.69, 9.17) is 11.6 Å². The predicted octanol–water partition coefficient (Wildman–Crippen LogP) is 2.73. The number of hydrogen-bond donors (Lipinski definition) is 1. The maximum atomic E-state index is 12.0. The summed E-state index contributed by atoms with van der Waals surface area (Å²) in [4.78, 5) is 12.0. The van der Waals surface area contributed by atoms with E-state index in [1.807, 2.05) is 31.2 Å². The van der Waals surface area contributed by atoms with E-state index in [9.17, 15) is 4.79 Å². The first-order valence-electron chi connectivity index (χ1n) is 6.26. The van der Waals surface area contributed by atoms with Crippen LogP contribution in [-0.4, -0.2) is 21.7 Å². The molecule has 0 saturated heterocycles. The highest BCUT2D eigenvalue weighted by molar-refractivity contribution is 6.30. The number of halogens is 1. The highest BCUT2D eigenvalue weighted by atomic mass is 35.5. The molecule has 0 spiro atoms. The number of aromatic nitrogens is 2. The Morgan fingerprint density at radius 3 is 2.68 bits per heavy atom. The van der Waals surface area contributed by atoms with Crippen LogP contribution in [-0.2, 0) is 0 Å². The summed E-state index contributed by atoms with van der Waals surface area (Å²) < 4.78 is 1.75. The Morgan fingerprint density at radius 1 is 1.37 bits per heavy atom. The Kier molecular flexibility index (Phi) is 3.03. The molecule has 3 rings (SSSR count). The summed E-state index contributed by atoms with van der Waals surface area (Å²) in [6.45, 7) is 1.89. The molecule has 1 aromatic heterocycles. The fraction of sp³-hybridized carbons (Fsp3) is 0.286. The second-order valence-corrected chi connectivity index (χ2v) is 5.22. The molecule has 19 heavy (non-hydrogen) atoms. The van der Waals surface area contributed by atoms with Gasteiger partial charge in [-0.15, -0.1) is 0 Å². The molecule has 1 heterocycles. The number of rotatable bonds is 3. The normalized spacial score (nSPS) is 14.4. The van der Waals surface area contributed by atoms with Gasteiger partial charge >= 0.3 is 0 Å². The van der Waals surface area contributed by atoms with E-state index in [0.29, 0.717) is 16.6 Å². The second-order valence-electron chi connectivity index (χ2n) is 4.78. The molecule has 4 nitrogen and oxygen atoms in total. The molecular weight excluding hydrogens is 262 g/mol. The minimum atomic E-state index is -0.0415. The molecule has 1 saturated carbocycles. The van der Waals surface area contributed by atoms with Crippen molar-refractivity contribution in [3.8, 4) is 5.69 Å². The zero-order valence-electron chi connectivity index (χ0n) is 10.6. The van der Waals surface area contributed by atoms with Crippen LogP contribution in [0.5, 0.6) is 0 Å². The third kappa shape index (κ3) is 2.49. The maximum Gasteiger partial charge on any atom is 0.254 e. The van der Waals surface area contributed by atoms with E-state index in [1.54, 1.807) is 10.9 Å². The molecule has 0 atom stereocenters. The van der Waals surface area contributed by atoms with E-state index < -0.39 is 0 Å². The largest absolute Gasteiger partial charge is 0.349 e. The second kappa shape index (κ2) is 4.70. The zero-order valence-corrected chi connectivity index (χ0v) is 11.3. The van der Waals surface area contributed by atoms with Gasteiger partial charge in [0.15, 0.2) is 0 Å². The Balaban J connectivity index is 1.89. The van der Waals surface area contributed by atoms with Crippen LogP contribution in [0.15, 0.2) is 30.5 Å². The summed E-state index contributed by atoms with van der Waals surface area (Å²) in [7, 11) is 0. The first kappa shape index (κ1) is 12.2. The lowest BCUT2D eigenvalue weighted by atomic mass is 10.2. The van der Waals surface area contributed by atoms with E-state index in [1.165, 1.54) is 0 Å². The Hall–Kier alpha value is -1.81. The Labute approximate surface area is 116 Å². The van der Waals surface area contributed by atoms with Gasteiger partial charge in [-0.05, 0) is 44.0 Å². The lowest BCUT2D eigenvalue weighted by Crippen LogP contribution is -2.25. The number of nitrogens with one attached hydrogen (secondary N) is 1. The van der Waals surface area contributed by atoms with Crippen LogP contribution in [0.25, 0.3) is 5.69 Å². The van der Waals surface area contributed by atoms with Crippen molar-refractivity contribution in [1.82, 2.24) is 15.1 Å². The molecule has 2 aromatic rings. The molecule has 98 valence electrons. The van der Waals surface area contributed by atoms with E-state index in [2.05, 4.69) is 10.4 Å². The molecular formula is C14H14ClN3O. The third-order valence-electron chi connectivity index (χ3n) is 3.24. The lowest BCUT2D eigenvalue weighted by Gasteiger charge is -2.06. The first-order chi connectivity index (χ1) is 9.15. The van der Waals surface area contributed by atoms with Crippen LogP contribution < -0.4 is 5.32 Å². The predicted molar refractivity (Wildman–Crippen MR) is 73.8 cm³/mol. The van der Waals surface area contributed by atoms with Gasteiger partial charge < -0.3 is 5.32 Å². The van der Waals surface area contributed by atoms with Crippen molar-refractivity contribution >= 4 is 17.5 Å². The van der Waals surface area contributed by atoms with Crippen LogP contribution in [0.1, 0.15) is 28.9 Å². The molecule has 1 aromatic carbocycles. The quantitative estimate of drug-likeness (QED) is 0.936. The van der Waals surface area contributed by atoms with E-state index in [-0.39, 0.29) is 5.91 Å². The van der Waals surface area contributed by atoms with Crippen molar-refractivity contribution in [3.63, 3.8) is 0 Å². The SMILES string of the molecule is Cc1c(C(=O)NC2CC2)cnn1-c1ccc(Cl)cc1. The Bertz CT molecular complexity index is 614. The molecule has 1 aliphatic rings. The minimum absolute atomic E-state index is 0.0415. The highest BCUT2D eigenvalue weighted by Crippen LogP contribution is 2.21. The minimum Gasteiger partial charge on any atom is -0.349 e. The molecule has 1 fully saturated rings. The first-order valence-corrected chi connectivity index (χ1v) is 6.64. The van der Waals surface area contributed by atoms with E-state index >= 15 is 0 Å². The highest BCUT2D eigenvalue weighted by Gasteiger charge is 2.25. The fourth-order valence-electron chi connectivity index (χ4n) is 1.97. The molecule has 5 heteroatoms. The van der Waals surface area contributed by atoms with Gasteiger partial charge in [-0.2, -0.15) is 5.10 Å². The topological polar surface area (TPSA) is 46.9 Å². The van der Waals surface area contributed by atoms with Gasteiger partial charge in [0, 0.05) is 11.1 Å². The van der Waals surface area contributed by atoms with Gasteiger partial charge in [0.1, 0.15) is 0 Å². The molecule has 0 aliphatic heterocycles. The number of hydrogen-bond acceptors (Lipinski definition) is 2. The number of nitrogens with zero attached hydrogens (tertiary/aromatic N) is 2. The van der Waals surface area contributed by atoms with Gasteiger partial charge in [0.2, 0.25) is 0 Å². The fourth-order valence-corrected chi connectivity index (χ4v) is 2.09. The van der Waals surface area contributed by atoms with Gasteiger partial charge in [-0.1, -0.05) is 11.6 Å². The average Bonchev–Trinajstić information content (AvgIpc) is 3.12. The van der Waals surface area contributed by atoms with Crippen LogP contribution >= 0.6 is 11.6 Å². The van der Waals surface area contributed by atoms with Crippen molar-refractivity contribution in [2.45, 2.75) is 25.8 Å². The standard InChI is InChI=1S/C14H14ClN3O/c1-9-13(14(19)17-11-4-5-11)8-16-18(9)12-6-2-10(15)3-7-12/h2-3,6-8,11H,4-5H2,1H3,(H,17,19). The smallest absolute Gasteiger partial charge is 0.254 e. The number of amides is 1. The van der Waals surface area contributed by atoms with Gasteiger partial charge in [-0.3, -0.25) is 4.79 Å². The van der Waals surface area contributed by atoms with Gasteiger partial charge in [0.05, 0.1) is 23.1 Å². The molecule has 1 amide bonds. The summed E-state index contributed by atoms with van der Waals surface area (Å²) in [6, 6.07) is 7.73. The average molecular weight is 276 g/mol. The summed E-state index contributed by atoms with van der Waals surface area (Å²) >= 11 is 5.87. The lowest BCUT2D eigenvalue weighted by molar-refractivity contribution is 0.0950.